The number of phenolic OH excluding ortho intramolecular Hbond substituents is 1. The Morgan fingerprint density at radius 2 is 1.58 bits per heavy atom. The van der Waals surface area contributed by atoms with Gasteiger partial charge in [0, 0.05) is 5.02 Å². The summed E-state index contributed by atoms with van der Waals surface area (Å²) >= 11 is 11.8. The smallest absolute Gasteiger partial charge is 0.416 e. The first kappa shape index (κ1) is 16.6. The Hall–Kier alpha value is -2.25. The topological polar surface area (TPSA) is 59.2 Å². The van der Waals surface area contributed by atoms with E-state index in [1.165, 1.54) is 18.2 Å². The van der Waals surface area contributed by atoms with Crippen molar-refractivity contribution in [2.24, 2.45) is 0 Å². The van der Waals surface area contributed by atoms with Crippen LogP contribution >= 0.6 is 23.2 Å². The minimum atomic E-state index is -4.53. The van der Waals surface area contributed by atoms with Crippen molar-refractivity contribution < 1.29 is 22.7 Å². The lowest BCUT2D eigenvalue weighted by atomic mass is 10.1. The van der Waals surface area contributed by atoms with Crippen molar-refractivity contribution in [3.63, 3.8) is 0 Å². The van der Waals surface area contributed by atoms with Gasteiger partial charge in [-0.15, -0.1) is 10.2 Å². The summed E-state index contributed by atoms with van der Waals surface area (Å²) in [5.74, 6) is -0.469. The highest BCUT2D eigenvalue weighted by atomic mass is 35.5. The van der Waals surface area contributed by atoms with E-state index in [2.05, 4.69) is 10.2 Å². The van der Waals surface area contributed by atoms with Crippen LogP contribution in [0.25, 0.3) is 22.9 Å². The number of hydrogen-bond donors (Lipinski definition) is 1. The number of phenols is 1. The van der Waals surface area contributed by atoms with Crippen LogP contribution in [-0.4, -0.2) is 15.3 Å². The molecule has 0 spiro atoms. The van der Waals surface area contributed by atoms with Gasteiger partial charge in [-0.3, -0.25) is 0 Å². The second kappa shape index (κ2) is 5.99. The Morgan fingerprint density at radius 3 is 2.25 bits per heavy atom. The third-order valence-corrected chi connectivity index (χ3v) is 3.70. The second-order valence-electron chi connectivity index (χ2n) is 4.77. The number of hydrogen-bond acceptors (Lipinski definition) is 4. The Labute approximate surface area is 143 Å². The maximum absolute atomic E-state index is 12.8. The van der Waals surface area contributed by atoms with Crippen LogP contribution in [0.1, 0.15) is 5.56 Å². The number of aromatic nitrogens is 2. The molecule has 0 atom stereocenters. The van der Waals surface area contributed by atoms with Crippen molar-refractivity contribution in [1.82, 2.24) is 10.2 Å². The van der Waals surface area contributed by atoms with Gasteiger partial charge < -0.3 is 9.52 Å². The van der Waals surface area contributed by atoms with E-state index in [0.29, 0.717) is 5.02 Å². The molecule has 9 heteroatoms. The van der Waals surface area contributed by atoms with Crippen molar-refractivity contribution in [2.75, 3.05) is 0 Å². The van der Waals surface area contributed by atoms with Gasteiger partial charge in [-0.2, -0.15) is 13.2 Å². The Kier molecular flexibility index (Phi) is 4.15. The molecule has 24 heavy (non-hydrogen) atoms. The fourth-order valence-electron chi connectivity index (χ4n) is 1.99. The molecule has 0 aliphatic heterocycles. The molecular weight excluding hydrogens is 368 g/mol. The first-order valence-corrected chi connectivity index (χ1v) is 7.21. The monoisotopic (exact) mass is 374 g/mol. The number of benzene rings is 2. The molecule has 4 nitrogen and oxygen atoms in total. The average Bonchev–Trinajstić information content (AvgIpc) is 2.98. The van der Waals surface area contributed by atoms with Crippen LogP contribution < -0.4 is 0 Å². The van der Waals surface area contributed by atoms with Gasteiger partial charge in [0.15, 0.2) is 0 Å². The Balaban J connectivity index is 2.07. The minimum Gasteiger partial charge on any atom is -0.507 e. The molecule has 0 aliphatic rings. The van der Waals surface area contributed by atoms with Crippen molar-refractivity contribution in [1.29, 1.82) is 0 Å². The lowest BCUT2D eigenvalue weighted by Crippen LogP contribution is -2.04. The van der Waals surface area contributed by atoms with Crippen molar-refractivity contribution in [3.8, 4) is 28.7 Å². The molecule has 3 aromatic rings. The van der Waals surface area contributed by atoms with Gasteiger partial charge in [0.05, 0.1) is 21.7 Å². The van der Waals surface area contributed by atoms with Crippen LogP contribution in [0.4, 0.5) is 13.2 Å². The van der Waals surface area contributed by atoms with Crippen LogP contribution in [0, 0.1) is 0 Å². The average molecular weight is 375 g/mol. The molecule has 0 saturated heterocycles. The molecule has 3 rings (SSSR count). The maximum Gasteiger partial charge on any atom is 0.416 e. The number of aromatic hydroxyl groups is 1. The predicted molar refractivity (Wildman–Crippen MR) is 81.9 cm³/mol. The number of halogens is 5. The van der Waals surface area contributed by atoms with Gasteiger partial charge in [-0.1, -0.05) is 23.2 Å². The zero-order valence-electron chi connectivity index (χ0n) is 11.6. The number of nitrogens with zero attached hydrogens (tertiary/aromatic N) is 2. The quantitative estimate of drug-likeness (QED) is 0.649. The fraction of sp³-hybridized carbons (Fsp3) is 0.0667. The van der Waals surface area contributed by atoms with Gasteiger partial charge in [0.25, 0.3) is 5.89 Å². The van der Waals surface area contributed by atoms with E-state index in [9.17, 15) is 18.3 Å². The van der Waals surface area contributed by atoms with Gasteiger partial charge >= 0.3 is 6.18 Å². The standard InChI is InChI=1S/C15H7Cl2F3N2O2/c16-8-2-4-12(23)10(6-8)14-22-21-13(24-14)9-5-7(15(18,19)20)1-3-11(9)17/h1-6,23H. The van der Waals surface area contributed by atoms with Gasteiger partial charge in [-0.25, -0.2) is 0 Å². The summed E-state index contributed by atoms with van der Waals surface area (Å²) < 4.78 is 43.8. The highest BCUT2D eigenvalue weighted by Crippen LogP contribution is 2.37. The molecule has 1 aromatic heterocycles. The van der Waals surface area contributed by atoms with E-state index >= 15 is 0 Å². The SMILES string of the molecule is Oc1ccc(Cl)cc1-c1nnc(-c2cc(C(F)(F)F)ccc2Cl)o1. The van der Waals surface area contributed by atoms with E-state index in [-0.39, 0.29) is 33.7 Å². The molecule has 2 aromatic carbocycles. The third-order valence-electron chi connectivity index (χ3n) is 3.14. The summed E-state index contributed by atoms with van der Waals surface area (Å²) in [6.07, 6.45) is -4.53. The molecule has 0 unspecified atom stereocenters. The molecule has 0 amide bonds. The lowest BCUT2D eigenvalue weighted by molar-refractivity contribution is -0.137. The van der Waals surface area contributed by atoms with E-state index in [1.807, 2.05) is 0 Å². The van der Waals surface area contributed by atoms with E-state index < -0.39 is 11.7 Å². The molecule has 0 fully saturated rings. The van der Waals surface area contributed by atoms with Crippen LogP contribution in [0.15, 0.2) is 40.8 Å². The molecule has 0 aliphatic carbocycles. The largest absolute Gasteiger partial charge is 0.507 e. The van der Waals surface area contributed by atoms with Crippen LogP contribution in [0.3, 0.4) is 0 Å². The highest BCUT2D eigenvalue weighted by molar-refractivity contribution is 6.33. The van der Waals surface area contributed by atoms with Crippen molar-refractivity contribution >= 4 is 23.2 Å². The summed E-state index contributed by atoms with van der Waals surface area (Å²) in [7, 11) is 0. The van der Waals surface area contributed by atoms with E-state index in [0.717, 1.165) is 18.2 Å². The summed E-state index contributed by atoms with van der Waals surface area (Å²) in [6.45, 7) is 0. The van der Waals surface area contributed by atoms with Gasteiger partial charge in [0.1, 0.15) is 5.75 Å². The predicted octanol–water partition coefficient (Wildman–Crippen LogP) is 5.43. The normalized spacial score (nSPS) is 11.7. The second-order valence-corrected chi connectivity index (χ2v) is 5.61. The van der Waals surface area contributed by atoms with Crippen molar-refractivity contribution in [3.05, 3.63) is 52.0 Å². The molecule has 0 bridgehead atoms. The number of rotatable bonds is 2. The molecule has 0 saturated carbocycles. The summed E-state index contributed by atoms with van der Waals surface area (Å²) in [5.41, 5.74) is -0.802. The first-order chi connectivity index (χ1) is 11.3. The molecule has 1 heterocycles. The maximum atomic E-state index is 12.8. The Morgan fingerprint density at radius 1 is 0.917 bits per heavy atom. The van der Waals surface area contributed by atoms with Gasteiger partial charge in [0.2, 0.25) is 5.89 Å². The molecule has 0 radical (unpaired) electrons. The first-order valence-electron chi connectivity index (χ1n) is 6.45. The van der Waals surface area contributed by atoms with E-state index in [4.69, 9.17) is 27.6 Å². The third kappa shape index (κ3) is 3.18. The van der Waals surface area contributed by atoms with Gasteiger partial charge in [-0.05, 0) is 36.4 Å². The zero-order chi connectivity index (χ0) is 17.5. The molecule has 124 valence electrons. The summed E-state index contributed by atoms with van der Waals surface area (Å²) in [5, 5.41) is 17.6. The fourth-order valence-corrected chi connectivity index (χ4v) is 2.36. The van der Waals surface area contributed by atoms with Crippen LogP contribution in [0.2, 0.25) is 10.0 Å². The summed E-state index contributed by atoms with van der Waals surface area (Å²) in [6, 6.07) is 6.95. The van der Waals surface area contributed by atoms with Crippen LogP contribution in [-0.2, 0) is 6.18 Å². The Bertz CT molecular complexity index is 910. The zero-order valence-corrected chi connectivity index (χ0v) is 13.1. The highest BCUT2D eigenvalue weighted by Gasteiger charge is 2.31. The lowest BCUT2D eigenvalue weighted by Gasteiger charge is -2.08. The van der Waals surface area contributed by atoms with Crippen LogP contribution in [0.5, 0.6) is 5.75 Å². The molecular formula is C15H7Cl2F3N2O2. The number of alkyl halides is 3. The van der Waals surface area contributed by atoms with E-state index in [1.54, 1.807) is 0 Å². The summed E-state index contributed by atoms with van der Waals surface area (Å²) in [4.78, 5) is 0. The molecule has 1 N–H and O–H groups in total. The van der Waals surface area contributed by atoms with Crippen molar-refractivity contribution in [2.45, 2.75) is 6.18 Å². The minimum absolute atomic E-state index is 0.0218.